The average Bonchev–Trinajstić information content (AvgIpc) is 2.87. The number of hydrogen-bond acceptors (Lipinski definition) is 5. The van der Waals surface area contributed by atoms with Crippen LogP contribution in [-0.2, 0) is 11.3 Å². The van der Waals surface area contributed by atoms with Crippen LogP contribution in [0.25, 0.3) is 0 Å². The lowest BCUT2D eigenvalue weighted by atomic mass is 10.1. The van der Waals surface area contributed by atoms with E-state index >= 15 is 0 Å². The molecule has 138 valence electrons. The van der Waals surface area contributed by atoms with E-state index in [1.807, 2.05) is 11.8 Å². The Balaban J connectivity index is 1.61. The molecule has 8 heteroatoms. The van der Waals surface area contributed by atoms with E-state index < -0.39 is 0 Å². The van der Waals surface area contributed by atoms with Crippen LogP contribution in [-0.4, -0.2) is 44.6 Å². The second-order valence-electron chi connectivity index (χ2n) is 6.59. The zero-order chi connectivity index (χ0) is 18.5. The Morgan fingerprint density at radius 1 is 1.19 bits per heavy atom. The Morgan fingerprint density at radius 3 is 2.65 bits per heavy atom. The molecule has 2 heterocycles. The summed E-state index contributed by atoms with van der Waals surface area (Å²) >= 11 is 0. The third-order valence-electron chi connectivity index (χ3n) is 4.52. The molecular formula is C18H24N6O2. The summed E-state index contributed by atoms with van der Waals surface area (Å²) in [7, 11) is 0. The highest BCUT2D eigenvalue weighted by atomic mass is 16.2. The van der Waals surface area contributed by atoms with Crippen LogP contribution in [0.4, 0.5) is 11.6 Å². The number of rotatable bonds is 4. The predicted molar refractivity (Wildman–Crippen MR) is 98.6 cm³/mol. The summed E-state index contributed by atoms with van der Waals surface area (Å²) in [6, 6.07) is 5.15. The lowest BCUT2D eigenvalue weighted by Gasteiger charge is -2.19. The molecule has 8 nitrogen and oxygen atoms in total. The quantitative estimate of drug-likeness (QED) is 0.813. The van der Waals surface area contributed by atoms with E-state index in [1.165, 1.54) is 23.9 Å². The van der Waals surface area contributed by atoms with Crippen LogP contribution >= 0.6 is 0 Å². The van der Waals surface area contributed by atoms with Gasteiger partial charge in [0.05, 0.1) is 0 Å². The van der Waals surface area contributed by atoms with Crippen molar-refractivity contribution in [3.8, 4) is 0 Å². The highest BCUT2D eigenvalue weighted by Gasteiger charge is 2.17. The van der Waals surface area contributed by atoms with Gasteiger partial charge in [-0.1, -0.05) is 18.9 Å². The first-order valence-electron chi connectivity index (χ1n) is 8.87. The first kappa shape index (κ1) is 17.9. The third-order valence-corrected chi connectivity index (χ3v) is 4.52. The van der Waals surface area contributed by atoms with Crippen molar-refractivity contribution in [1.29, 1.82) is 0 Å². The summed E-state index contributed by atoms with van der Waals surface area (Å²) in [6.45, 7) is 3.55. The maximum Gasteiger partial charge on any atom is 0.258 e. The molecule has 1 saturated heterocycles. The fourth-order valence-electron chi connectivity index (χ4n) is 3.04. The molecule has 0 bridgehead atoms. The minimum Gasteiger partial charge on any atom is -0.399 e. The normalized spacial score (nSPS) is 14.7. The van der Waals surface area contributed by atoms with Crippen LogP contribution in [0, 0.1) is 6.92 Å². The summed E-state index contributed by atoms with van der Waals surface area (Å²) in [4.78, 5) is 30.7. The van der Waals surface area contributed by atoms with E-state index in [9.17, 15) is 9.59 Å². The maximum atomic E-state index is 12.4. The number of nitrogens with two attached hydrogens (primary N) is 1. The van der Waals surface area contributed by atoms with E-state index in [2.05, 4.69) is 15.4 Å². The van der Waals surface area contributed by atoms with Crippen LogP contribution in [0.15, 0.2) is 24.5 Å². The summed E-state index contributed by atoms with van der Waals surface area (Å²) in [5.41, 5.74) is 7.54. The smallest absolute Gasteiger partial charge is 0.258 e. The zero-order valence-corrected chi connectivity index (χ0v) is 14.9. The van der Waals surface area contributed by atoms with Crippen LogP contribution < -0.4 is 11.1 Å². The average molecular weight is 356 g/mol. The van der Waals surface area contributed by atoms with Gasteiger partial charge in [-0.15, -0.1) is 5.10 Å². The summed E-state index contributed by atoms with van der Waals surface area (Å²) in [5, 5.41) is 6.83. The van der Waals surface area contributed by atoms with Gasteiger partial charge >= 0.3 is 0 Å². The number of nitrogen functional groups attached to an aromatic ring is 1. The van der Waals surface area contributed by atoms with Crippen LogP contribution in [0.3, 0.4) is 0 Å². The van der Waals surface area contributed by atoms with E-state index in [0.717, 1.165) is 31.5 Å². The van der Waals surface area contributed by atoms with Gasteiger partial charge in [0, 0.05) is 24.3 Å². The number of likely N-dealkylation sites (tertiary alicyclic amines) is 1. The number of carbonyl (C=O) groups excluding carboxylic acids is 2. The molecule has 0 aliphatic carbocycles. The van der Waals surface area contributed by atoms with Crippen LogP contribution in [0.1, 0.15) is 41.6 Å². The van der Waals surface area contributed by atoms with E-state index in [1.54, 1.807) is 18.2 Å². The molecule has 2 amide bonds. The van der Waals surface area contributed by atoms with Gasteiger partial charge in [-0.25, -0.2) is 9.67 Å². The van der Waals surface area contributed by atoms with Crippen molar-refractivity contribution in [1.82, 2.24) is 19.7 Å². The fraction of sp³-hybridized carbons (Fsp3) is 0.444. The Morgan fingerprint density at radius 2 is 1.92 bits per heavy atom. The third kappa shape index (κ3) is 4.38. The van der Waals surface area contributed by atoms with Gasteiger partial charge in [-0.2, -0.15) is 0 Å². The number of hydrogen-bond donors (Lipinski definition) is 2. The molecule has 1 aromatic carbocycles. The van der Waals surface area contributed by atoms with Crippen molar-refractivity contribution in [2.24, 2.45) is 0 Å². The molecule has 2 aromatic rings. The number of aromatic nitrogens is 3. The molecule has 26 heavy (non-hydrogen) atoms. The standard InChI is InChI=1S/C18H24N6O2/c1-13-6-7-14(19)10-15(13)17(26)21-18-20-12-24(22-18)11-16(25)23-8-4-2-3-5-9-23/h6-7,10,12H,2-5,8-9,11,19H2,1H3,(H,21,22,26). The summed E-state index contributed by atoms with van der Waals surface area (Å²) in [6.07, 6.45) is 5.89. The lowest BCUT2D eigenvalue weighted by molar-refractivity contribution is -0.132. The van der Waals surface area contributed by atoms with Crippen molar-refractivity contribution in [2.75, 3.05) is 24.1 Å². The predicted octanol–water partition coefficient (Wildman–Crippen LogP) is 1.82. The Kier molecular flexibility index (Phi) is 5.50. The molecule has 0 radical (unpaired) electrons. The molecule has 0 unspecified atom stereocenters. The summed E-state index contributed by atoms with van der Waals surface area (Å²) < 4.78 is 1.45. The molecule has 1 aliphatic rings. The number of carbonyl (C=O) groups is 2. The minimum absolute atomic E-state index is 0.0290. The van der Waals surface area contributed by atoms with Gasteiger partial charge in [0.1, 0.15) is 12.9 Å². The SMILES string of the molecule is Cc1ccc(N)cc1C(=O)Nc1ncn(CC(=O)N2CCCCCC2)n1. The molecule has 1 fully saturated rings. The topological polar surface area (TPSA) is 106 Å². The highest BCUT2D eigenvalue weighted by Crippen LogP contribution is 2.14. The molecule has 3 N–H and O–H groups in total. The molecule has 3 rings (SSSR count). The molecule has 0 spiro atoms. The Hall–Kier alpha value is -2.90. The Labute approximate surface area is 152 Å². The van der Waals surface area contributed by atoms with Crippen molar-refractivity contribution < 1.29 is 9.59 Å². The molecule has 1 aromatic heterocycles. The zero-order valence-electron chi connectivity index (χ0n) is 14.9. The number of amides is 2. The molecule has 1 aliphatic heterocycles. The van der Waals surface area contributed by atoms with Crippen molar-refractivity contribution in [2.45, 2.75) is 39.2 Å². The van der Waals surface area contributed by atoms with Crippen LogP contribution in [0.5, 0.6) is 0 Å². The lowest BCUT2D eigenvalue weighted by Crippen LogP contribution is -2.34. The molecule has 0 atom stereocenters. The van der Waals surface area contributed by atoms with Gasteiger partial charge in [0.15, 0.2) is 0 Å². The van der Waals surface area contributed by atoms with Gasteiger partial charge in [-0.3, -0.25) is 14.9 Å². The molecular weight excluding hydrogens is 332 g/mol. The van der Waals surface area contributed by atoms with Gasteiger partial charge in [0.25, 0.3) is 5.91 Å². The van der Waals surface area contributed by atoms with Crippen molar-refractivity contribution in [3.63, 3.8) is 0 Å². The van der Waals surface area contributed by atoms with E-state index in [0.29, 0.717) is 11.3 Å². The monoisotopic (exact) mass is 356 g/mol. The second kappa shape index (κ2) is 7.99. The van der Waals surface area contributed by atoms with Crippen LogP contribution in [0.2, 0.25) is 0 Å². The largest absolute Gasteiger partial charge is 0.399 e. The number of nitrogens with one attached hydrogen (secondary N) is 1. The Bertz CT molecular complexity index is 793. The number of benzene rings is 1. The van der Waals surface area contributed by atoms with Crippen molar-refractivity contribution >= 4 is 23.5 Å². The number of aryl methyl sites for hydroxylation is 1. The van der Waals surface area contributed by atoms with Gasteiger partial charge < -0.3 is 10.6 Å². The van der Waals surface area contributed by atoms with E-state index in [-0.39, 0.29) is 24.3 Å². The van der Waals surface area contributed by atoms with Gasteiger partial charge in [0.2, 0.25) is 11.9 Å². The minimum atomic E-state index is -0.327. The maximum absolute atomic E-state index is 12.4. The number of nitrogens with zero attached hydrogens (tertiary/aromatic N) is 4. The van der Waals surface area contributed by atoms with Crippen molar-refractivity contribution in [3.05, 3.63) is 35.7 Å². The first-order valence-corrected chi connectivity index (χ1v) is 8.87. The first-order chi connectivity index (χ1) is 12.5. The molecule has 0 saturated carbocycles. The highest BCUT2D eigenvalue weighted by molar-refractivity contribution is 6.04. The summed E-state index contributed by atoms with van der Waals surface area (Å²) in [5.74, 6) is -0.131. The second-order valence-corrected chi connectivity index (χ2v) is 6.59. The number of anilines is 2. The van der Waals surface area contributed by atoms with E-state index in [4.69, 9.17) is 5.73 Å². The van der Waals surface area contributed by atoms with Gasteiger partial charge in [-0.05, 0) is 37.5 Å². The fourth-order valence-corrected chi connectivity index (χ4v) is 3.04.